The first-order chi connectivity index (χ1) is 11.8. The van der Waals surface area contributed by atoms with Crippen LogP contribution in [0.3, 0.4) is 0 Å². The SMILES string of the molecule is C#C.C#C.C1=CC(N2CC2)=CCC1.CNC.NCCN1CCCC1. The second kappa shape index (κ2) is 19.3. The molecule has 1 aliphatic carbocycles. The van der Waals surface area contributed by atoms with Crippen molar-refractivity contribution in [2.75, 3.05) is 53.4 Å². The molecule has 0 atom stereocenters. The molecule has 0 aromatic carbocycles. The molecule has 3 N–H and O–H groups in total. The first kappa shape index (κ1) is 24.5. The summed E-state index contributed by atoms with van der Waals surface area (Å²) in [5, 5.41) is 2.75. The summed E-state index contributed by atoms with van der Waals surface area (Å²) in [5.74, 6) is 0. The third-order valence-electron chi connectivity index (χ3n) is 3.43. The topological polar surface area (TPSA) is 44.3 Å². The van der Waals surface area contributed by atoms with Gasteiger partial charge >= 0.3 is 0 Å². The summed E-state index contributed by atoms with van der Waals surface area (Å²) < 4.78 is 0. The van der Waals surface area contributed by atoms with Crippen LogP contribution in [-0.4, -0.2) is 63.2 Å². The number of nitrogens with one attached hydrogen (secondary N) is 1. The first-order valence-electron chi connectivity index (χ1n) is 8.61. The Labute approximate surface area is 150 Å². The molecule has 0 aromatic heterocycles. The molecule has 24 heavy (non-hydrogen) atoms. The van der Waals surface area contributed by atoms with Crippen LogP contribution in [0.25, 0.3) is 0 Å². The number of allylic oxidation sites excluding steroid dienone is 3. The Hall–Kier alpha value is -1.72. The minimum Gasteiger partial charge on any atom is -0.368 e. The van der Waals surface area contributed by atoms with E-state index in [1.807, 2.05) is 14.1 Å². The van der Waals surface area contributed by atoms with Crippen LogP contribution < -0.4 is 11.1 Å². The minimum atomic E-state index is 0.819. The fourth-order valence-corrected chi connectivity index (χ4v) is 2.33. The Morgan fingerprint density at radius 3 is 1.92 bits per heavy atom. The van der Waals surface area contributed by atoms with Crippen LogP contribution >= 0.6 is 0 Å². The van der Waals surface area contributed by atoms with Gasteiger partial charge in [0.15, 0.2) is 0 Å². The van der Waals surface area contributed by atoms with Crippen molar-refractivity contribution in [3.63, 3.8) is 0 Å². The fourth-order valence-electron chi connectivity index (χ4n) is 2.33. The maximum Gasteiger partial charge on any atom is 0.0354 e. The molecule has 4 heteroatoms. The Bertz CT molecular complexity index is 352. The fraction of sp³-hybridized carbons (Fsp3) is 0.600. The second-order valence-corrected chi connectivity index (χ2v) is 5.43. The lowest BCUT2D eigenvalue weighted by atomic mass is 10.1. The van der Waals surface area contributed by atoms with Gasteiger partial charge in [0.25, 0.3) is 0 Å². The van der Waals surface area contributed by atoms with Crippen LogP contribution in [-0.2, 0) is 0 Å². The van der Waals surface area contributed by atoms with Crippen LogP contribution in [0.4, 0.5) is 0 Å². The van der Waals surface area contributed by atoms with Gasteiger partial charge in [0, 0.05) is 31.9 Å². The van der Waals surface area contributed by atoms with E-state index in [4.69, 9.17) is 5.73 Å². The molecule has 0 bridgehead atoms. The van der Waals surface area contributed by atoms with E-state index in [1.54, 1.807) is 0 Å². The molecular formula is C20H36N4. The summed E-state index contributed by atoms with van der Waals surface area (Å²) in [6, 6.07) is 0. The Morgan fingerprint density at radius 2 is 1.54 bits per heavy atom. The van der Waals surface area contributed by atoms with Crippen LogP contribution in [0.5, 0.6) is 0 Å². The highest BCUT2D eigenvalue weighted by Crippen LogP contribution is 2.19. The van der Waals surface area contributed by atoms with Gasteiger partial charge in [-0.25, -0.2) is 0 Å². The predicted molar refractivity (Wildman–Crippen MR) is 108 cm³/mol. The lowest BCUT2D eigenvalue weighted by Crippen LogP contribution is -2.26. The number of nitrogens with two attached hydrogens (primary N) is 1. The molecule has 3 aliphatic rings. The van der Waals surface area contributed by atoms with Crippen molar-refractivity contribution in [2.45, 2.75) is 25.7 Å². The van der Waals surface area contributed by atoms with E-state index in [9.17, 15) is 0 Å². The van der Waals surface area contributed by atoms with Gasteiger partial charge < -0.3 is 20.9 Å². The molecule has 0 amide bonds. The van der Waals surface area contributed by atoms with Gasteiger partial charge in [-0.05, 0) is 58.9 Å². The highest BCUT2D eigenvalue weighted by atomic mass is 15.3. The molecule has 0 unspecified atom stereocenters. The molecule has 2 fully saturated rings. The molecule has 0 saturated carbocycles. The number of rotatable bonds is 3. The lowest BCUT2D eigenvalue weighted by Gasteiger charge is -2.11. The van der Waals surface area contributed by atoms with Crippen molar-refractivity contribution in [3.05, 3.63) is 23.9 Å². The van der Waals surface area contributed by atoms with E-state index in [0.29, 0.717) is 0 Å². The van der Waals surface area contributed by atoms with Gasteiger partial charge in [0.05, 0.1) is 0 Å². The number of hydrogen-bond donors (Lipinski definition) is 2. The zero-order chi connectivity index (χ0) is 18.6. The van der Waals surface area contributed by atoms with Crippen molar-refractivity contribution in [1.82, 2.24) is 15.1 Å². The van der Waals surface area contributed by atoms with Gasteiger partial charge in [-0.1, -0.05) is 12.2 Å². The zero-order valence-electron chi connectivity index (χ0n) is 15.6. The van der Waals surface area contributed by atoms with Gasteiger partial charge in [-0.15, -0.1) is 25.7 Å². The van der Waals surface area contributed by atoms with E-state index < -0.39 is 0 Å². The maximum atomic E-state index is 5.37. The van der Waals surface area contributed by atoms with Crippen LogP contribution in [0.1, 0.15) is 25.7 Å². The van der Waals surface area contributed by atoms with Crippen molar-refractivity contribution >= 4 is 0 Å². The molecular weight excluding hydrogens is 296 g/mol. The summed E-state index contributed by atoms with van der Waals surface area (Å²) >= 11 is 0. The Balaban J connectivity index is 0. The van der Waals surface area contributed by atoms with Crippen LogP contribution in [0.2, 0.25) is 0 Å². The normalized spacial score (nSPS) is 17.3. The summed E-state index contributed by atoms with van der Waals surface area (Å²) in [7, 11) is 3.75. The second-order valence-electron chi connectivity index (χ2n) is 5.43. The quantitative estimate of drug-likeness (QED) is 0.612. The summed E-state index contributed by atoms with van der Waals surface area (Å²) in [6.45, 7) is 7.01. The van der Waals surface area contributed by atoms with Crippen molar-refractivity contribution < 1.29 is 0 Å². The zero-order valence-corrected chi connectivity index (χ0v) is 15.6. The minimum absolute atomic E-state index is 0.819. The first-order valence-corrected chi connectivity index (χ1v) is 8.61. The third-order valence-corrected chi connectivity index (χ3v) is 3.43. The monoisotopic (exact) mass is 332 g/mol. The molecule has 0 radical (unpaired) electrons. The van der Waals surface area contributed by atoms with Crippen LogP contribution in [0, 0.1) is 25.7 Å². The highest BCUT2D eigenvalue weighted by Gasteiger charge is 2.18. The molecule has 2 saturated heterocycles. The van der Waals surface area contributed by atoms with E-state index in [0.717, 1.165) is 13.1 Å². The lowest BCUT2D eigenvalue weighted by molar-refractivity contribution is 0.349. The smallest absolute Gasteiger partial charge is 0.0354 e. The summed E-state index contributed by atoms with van der Waals surface area (Å²) in [5.41, 5.74) is 6.81. The average Bonchev–Trinajstić information content (AvgIpc) is 3.38. The van der Waals surface area contributed by atoms with Crippen LogP contribution in [0.15, 0.2) is 23.9 Å². The number of hydrogen-bond acceptors (Lipinski definition) is 4. The standard InChI is InChI=1S/C8H11N.C6H14N2.C2H7N.2C2H2/c1-2-4-8(5-3-1)9-6-7-9;7-3-6-8-4-1-2-5-8;1-3-2;2*1-2/h2,4-5H,1,3,6-7H2;1-7H2;3H,1-2H3;2*1-2H. The molecule has 136 valence electrons. The van der Waals surface area contributed by atoms with Gasteiger partial charge in [-0.3, -0.25) is 0 Å². The number of nitrogens with zero attached hydrogens (tertiary/aromatic N) is 2. The predicted octanol–water partition coefficient (Wildman–Crippen LogP) is 1.91. The van der Waals surface area contributed by atoms with Gasteiger partial charge in [0.2, 0.25) is 0 Å². The number of likely N-dealkylation sites (tertiary alicyclic amines) is 1. The van der Waals surface area contributed by atoms with E-state index >= 15 is 0 Å². The summed E-state index contributed by atoms with van der Waals surface area (Å²) in [4.78, 5) is 4.80. The molecule has 3 rings (SSSR count). The molecule has 2 aliphatic heterocycles. The molecule has 0 aromatic rings. The molecule has 2 heterocycles. The molecule has 0 spiro atoms. The van der Waals surface area contributed by atoms with Gasteiger partial charge in [0.1, 0.15) is 0 Å². The third kappa shape index (κ3) is 13.9. The van der Waals surface area contributed by atoms with Crippen molar-refractivity contribution in [1.29, 1.82) is 0 Å². The highest BCUT2D eigenvalue weighted by molar-refractivity contribution is 5.23. The van der Waals surface area contributed by atoms with Crippen molar-refractivity contribution in [3.8, 4) is 25.7 Å². The largest absolute Gasteiger partial charge is 0.368 e. The Kier molecular flexibility index (Phi) is 19.8. The van der Waals surface area contributed by atoms with E-state index in [1.165, 1.54) is 57.6 Å². The molecule has 4 nitrogen and oxygen atoms in total. The van der Waals surface area contributed by atoms with Crippen molar-refractivity contribution in [2.24, 2.45) is 5.73 Å². The maximum absolute atomic E-state index is 5.37. The summed E-state index contributed by atoms with van der Waals surface area (Å²) in [6.07, 6.45) is 28.0. The van der Waals surface area contributed by atoms with E-state index in [2.05, 4.69) is 59.0 Å². The average molecular weight is 333 g/mol. The van der Waals surface area contributed by atoms with Gasteiger partial charge in [-0.2, -0.15) is 0 Å². The Morgan fingerprint density at radius 1 is 1.00 bits per heavy atom. The van der Waals surface area contributed by atoms with E-state index in [-0.39, 0.29) is 0 Å². The number of terminal acetylenes is 2.